The molecule has 2 amide bonds. The maximum atomic E-state index is 14.0. The van der Waals surface area contributed by atoms with Gasteiger partial charge in [-0.05, 0) is 69.0 Å². The van der Waals surface area contributed by atoms with Crippen LogP contribution in [0.3, 0.4) is 0 Å². The van der Waals surface area contributed by atoms with E-state index in [1.54, 1.807) is 31.2 Å². The van der Waals surface area contributed by atoms with Crippen molar-refractivity contribution in [2.75, 3.05) is 17.4 Å². The third-order valence-corrected chi connectivity index (χ3v) is 8.32. The zero-order chi connectivity index (χ0) is 27.9. The minimum absolute atomic E-state index is 0.0898. The predicted octanol–water partition coefficient (Wildman–Crippen LogP) is 4.75. The van der Waals surface area contributed by atoms with E-state index in [0.29, 0.717) is 12.2 Å². The van der Waals surface area contributed by atoms with Gasteiger partial charge in [-0.2, -0.15) is 0 Å². The number of sulfonamides is 1. The molecule has 3 rings (SSSR count). The summed E-state index contributed by atoms with van der Waals surface area (Å²) >= 11 is 0. The van der Waals surface area contributed by atoms with E-state index in [1.165, 1.54) is 17.0 Å². The van der Waals surface area contributed by atoms with Crippen LogP contribution >= 0.6 is 0 Å². The number of carbonyl (C=O) groups is 2. The van der Waals surface area contributed by atoms with Crippen molar-refractivity contribution in [3.05, 3.63) is 95.1 Å². The maximum Gasteiger partial charge on any atom is 0.264 e. The Morgan fingerprint density at radius 3 is 2.18 bits per heavy atom. The van der Waals surface area contributed by atoms with E-state index in [9.17, 15) is 18.0 Å². The second kappa shape index (κ2) is 12.7. The minimum Gasteiger partial charge on any atom is -0.354 e. The lowest BCUT2D eigenvalue weighted by molar-refractivity contribution is -0.139. The highest BCUT2D eigenvalue weighted by Crippen LogP contribution is 2.28. The lowest BCUT2D eigenvalue weighted by Gasteiger charge is -2.32. The normalized spacial score (nSPS) is 12.0. The third-order valence-electron chi connectivity index (χ3n) is 6.55. The Hall–Kier alpha value is -3.65. The summed E-state index contributed by atoms with van der Waals surface area (Å²) in [6, 6.07) is 20.4. The molecule has 0 heterocycles. The number of aryl methyl sites for hydroxylation is 3. The summed E-state index contributed by atoms with van der Waals surface area (Å²) in [5, 5.41) is 2.86. The summed E-state index contributed by atoms with van der Waals surface area (Å²) in [4.78, 5) is 28.5. The Bertz CT molecular complexity index is 1370. The quantitative estimate of drug-likeness (QED) is 0.384. The molecular weight excluding hydrogens is 498 g/mol. The molecule has 3 aromatic carbocycles. The van der Waals surface area contributed by atoms with E-state index in [1.807, 2.05) is 64.1 Å². The summed E-state index contributed by atoms with van der Waals surface area (Å²) in [7, 11) is -4.07. The number of nitrogens with zero attached hydrogens (tertiary/aromatic N) is 2. The molecule has 0 fully saturated rings. The van der Waals surface area contributed by atoms with Crippen LogP contribution < -0.4 is 9.62 Å². The molecule has 0 aromatic heterocycles. The number of anilines is 1. The molecule has 8 heteroatoms. The summed E-state index contributed by atoms with van der Waals surface area (Å²) in [6.07, 6.45) is 0.764. The van der Waals surface area contributed by atoms with Gasteiger partial charge in [0.15, 0.2) is 0 Å². The average Bonchev–Trinajstić information content (AvgIpc) is 2.90. The van der Waals surface area contributed by atoms with Gasteiger partial charge in [-0.1, -0.05) is 67.1 Å². The molecule has 0 radical (unpaired) electrons. The minimum atomic E-state index is -4.07. The fourth-order valence-electron chi connectivity index (χ4n) is 4.27. The summed E-state index contributed by atoms with van der Waals surface area (Å²) < 4.78 is 28.9. The summed E-state index contributed by atoms with van der Waals surface area (Å²) in [5.74, 6) is -0.746. The van der Waals surface area contributed by atoms with Gasteiger partial charge in [0, 0.05) is 13.1 Å². The Kier molecular flexibility index (Phi) is 9.69. The fourth-order valence-corrected chi connectivity index (χ4v) is 5.77. The Balaban J connectivity index is 2.05. The molecule has 0 aliphatic heterocycles. The first kappa shape index (κ1) is 28.9. The second-order valence-corrected chi connectivity index (χ2v) is 11.4. The van der Waals surface area contributed by atoms with Crippen molar-refractivity contribution >= 4 is 27.5 Å². The number of nitrogens with one attached hydrogen (secondary N) is 1. The molecule has 38 heavy (non-hydrogen) atoms. The molecule has 202 valence electrons. The number of amides is 2. The van der Waals surface area contributed by atoms with Gasteiger partial charge in [-0.25, -0.2) is 8.42 Å². The number of benzene rings is 3. The molecule has 0 saturated heterocycles. The molecular formula is C30H37N3O4S. The van der Waals surface area contributed by atoms with Crippen molar-refractivity contribution in [3.8, 4) is 0 Å². The van der Waals surface area contributed by atoms with Crippen molar-refractivity contribution in [2.24, 2.45) is 0 Å². The second-order valence-electron chi connectivity index (χ2n) is 9.53. The maximum absolute atomic E-state index is 14.0. The third kappa shape index (κ3) is 6.81. The smallest absolute Gasteiger partial charge is 0.264 e. The molecule has 1 atom stereocenters. The molecule has 0 spiro atoms. The van der Waals surface area contributed by atoms with Gasteiger partial charge in [0.2, 0.25) is 11.8 Å². The first-order valence-electron chi connectivity index (χ1n) is 12.8. The zero-order valence-corrected chi connectivity index (χ0v) is 23.6. The average molecular weight is 536 g/mol. The largest absolute Gasteiger partial charge is 0.354 e. The van der Waals surface area contributed by atoms with Crippen LogP contribution in [-0.4, -0.2) is 44.3 Å². The highest BCUT2D eigenvalue weighted by molar-refractivity contribution is 7.92. The summed E-state index contributed by atoms with van der Waals surface area (Å²) in [5.41, 5.74) is 4.01. The van der Waals surface area contributed by atoms with Crippen LogP contribution in [0.25, 0.3) is 0 Å². The first-order valence-corrected chi connectivity index (χ1v) is 14.3. The van der Waals surface area contributed by atoms with Gasteiger partial charge < -0.3 is 10.2 Å². The number of hydrogen-bond donors (Lipinski definition) is 1. The number of rotatable bonds is 11. The van der Waals surface area contributed by atoms with Gasteiger partial charge in [0.05, 0.1) is 10.6 Å². The van der Waals surface area contributed by atoms with Gasteiger partial charge in [-0.15, -0.1) is 0 Å². The standard InChI is InChI=1S/C30H37N3O4S/c1-6-18-31-30(35)25(5)32(20-26-13-11-10-12-23(26)3)29(34)21-33(28-17-16-22(2)19-24(28)4)38(36,37)27-14-8-7-9-15-27/h7-17,19,25H,6,18,20-21H2,1-5H3,(H,31,35). The van der Waals surface area contributed by atoms with E-state index in [-0.39, 0.29) is 17.3 Å². The Labute approximate surface area is 226 Å². The molecule has 7 nitrogen and oxygen atoms in total. The van der Waals surface area contributed by atoms with Crippen LogP contribution in [0.2, 0.25) is 0 Å². The SMILES string of the molecule is CCCNC(=O)C(C)N(Cc1ccccc1C)C(=O)CN(c1ccc(C)cc1C)S(=O)(=O)c1ccccc1. The van der Waals surface area contributed by atoms with Crippen molar-refractivity contribution in [2.45, 2.75) is 58.5 Å². The van der Waals surface area contributed by atoms with Crippen molar-refractivity contribution in [1.29, 1.82) is 0 Å². The van der Waals surface area contributed by atoms with E-state index in [2.05, 4.69) is 5.32 Å². The lowest BCUT2D eigenvalue weighted by atomic mass is 10.1. The summed E-state index contributed by atoms with van der Waals surface area (Å²) in [6.45, 7) is 9.56. The van der Waals surface area contributed by atoms with Gasteiger partial charge in [0.25, 0.3) is 10.0 Å². The van der Waals surface area contributed by atoms with Gasteiger partial charge in [-0.3, -0.25) is 13.9 Å². The number of hydrogen-bond acceptors (Lipinski definition) is 4. The zero-order valence-electron chi connectivity index (χ0n) is 22.8. The molecule has 1 unspecified atom stereocenters. The van der Waals surface area contributed by atoms with E-state index >= 15 is 0 Å². The van der Waals surface area contributed by atoms with E-state index in [0.717, 1.165) is 33.0 Å². The Morgan fingerprint density at radius 1 is 0.895 bits per heavy atom. The predicted molar refractivity (Wildman–Crippen MR) is 151 cm³/mol. The van der Waals surface area contributed by atoms with Crippen LogP contribution in [0.15, 0.2) is 77.7 Å². The van der Waals surface area contributed by atoms with E-state index in [4.69, 9.17) is 0 Å². The molecule has 0 aliphatic carbocycles. The fraction of sp³-hybridized carbons (Fsp3) is 0.333. The molecule has 0 bridgehead atoms. The highest BCUT2D eigenvalue weighted by atomic mass is 32.2. The van der Waals surface area contributed by atoms with Crippen molar-refractivity contribution < 1.29 is 18.0 Å². The Morgan fingerprint density at radius 2 is 1.55 bits per heavy atom. The van der Waals surface area contributed by atoms with E-state index < -0.39 is 28.5 Å². The van der Waals surface area contributed by atoms with Crippen LogP contribution in [0.1, 0.15) is 42.5 Å². The molecule has 1 N–H and O–H groups in total. The van der Waals surface area contributed by atoms with Crippen LogP contribution in [0.4, 0.5) is 5.69 Å². The van der Waals surface area contributed by atoms with Crippen LogP contribution in [0.5, 0.6) is 0 Å². The lowest BCUT2D eigenvalue weighted by Crippen LogP contribution is -2.51. The molecule has 0 saturated carbocycles. The molecule has 0 aliphatic rings. The highest BCUT2D eigenvalue weighted by Gasteiger charge is 2.33. The van der Waals surface area contributed by atoms with Gasteiger partial charge >= 0.3 is 0 Å². The van der Waals surface area contributed by atoms with Crippen LogP contribution in [-0.2, 0) is 26.2 Å². The van der Waals surface area contributed by atoms with Crippen molar-refractivity contribution in [1.82, 2.24) is 10.2 Å². The van der Waals surface area contributed by atoms with Crippen molar-refractivity contribution in [3.63, 3.8) is 0 Å². The topological polar surface area (TPSA) is 86.8 Å². The van der Waals surface area contributed by atoms with Gasteiger partial charge in [0.1, 0.15) is 12.6 Å². The molecule has 3 aromatic rings. The first-order chi connectivity index (χ1) is 18.1. The van der Waals surface area contributed by atoms with Crippen LogP contribution in [0, 0.1) is 20.8 Å². The monoisotopic (exact) mass is 535 g/mol. The number of carbonyl (C=O) groups excluding carboxylic acids is 2.